The average Bonchev–Trinajstić information content (AvgIpc) is 2.96. The molecular weight excluding hydrogens is 543 g/mol. The molecule has 0 unspecified atom stereocenters. The third-order valence-corrected chi connectivity index (χ3v) is 7.88. The molecule has 0 aliphatic heterocycles. The summed E-state index contributed by atoms with van der Waals surface area (Å²) in [5, 5.41) is 19.0. The zero-order chi connectivity index (χ0) is 27.9. The van der Waals surface area contributed by atoms with Crippen LogP contribution in [0.3, 0.4) is 0 Å². The number of ketones is 2. The van der Waals surface area contributed by atoms with E-state index >= 15 is 0 Å². The number of nitrogens with zero attached hydrogens (tertiary/aromatic N) is 4. The standard InChI is InChI=1S/C32H30Cl2N4O2/c33-25-8-4-21(5-9-25)16-29(39)19-27-12-14-31(37-35-27)23-2-1-3-24(18-23)32-15-13-28(36-38-32)20-30(40)17-22-6-10-26(34)11-7-22/h4-15,23-24H,1-3,16-20H2/t23-,24-/m0/s1. The van der Waals surface area contributed by atoms with Gasteiger partial charge in [0, 0.05) is 34.7 Å². The maximum atomic E-state index is 12.5. The largest absolute Gasteiger partial charge is 0.299 e. The summed E-state index contributed by atoms with van der Waals surface area (Å²) in [6.45, 7) is 0. The number of benzene rings is 2. The van der Waals surface area contributed by atoms with Gasteiger partial charge in [0.2, 0.25) is 0 Å². The number of carbonyl (C=O) groups excluding carboxylic acids is 2. The van der Waals surface area contributed by atoms with Crippen molar-refractivity contribution in [3.63, 3.8) is 0 Å². The van der Waals surface area contributed by atoms with Crippen LogP contribution in [0.2, 0.25) is 10.0 Å². The summed E-state index contributed by atoms with van der Waals surface area (Å²) in [6, 6.07) is 22.5. The molecular formula is C32H30Cl2N4O2. The number of rotatable bonds is 10. The van der Waals surface area contributed by atoms with Gasteiger partial charge in [-0.3, -0.25) is 9.59 Å². The van der Waals surface area contributed by atoms with E-state index in [1.54, 1.807) is 24.3 Å². The Morgan fingerprint density at radius 1 is 0.575 bits per heavy atom. The molecule has 2 aromatic carbocycles. The molecule has 8 heteroatoms. The minimum Gasteiger partial charge on any atom is -0.299 e. The van der Waals surface area contributed by atoms with Crippen LogP contribution in [0.1, 0.15) is 71.4 Å². The monoisotopic (exact) mass is 572 g/mol. The van der Waals surface area contributed by atoms with Crippen molar-refractivity contribution in [3.8, 4) is 0 Å². The summed E-state index contributed by atoms with van der Waals surface area (Å²) >= 11 is 11.9. The Morgan fingerprint density at radius 2 is 1.00 bits per heavy atom. The Labute approximate surface area is 244 Å². The zero-order valence-corrected chi connectivity index (χ0v) is 23.6. The number of aromatic nitrogens is 4. The number of halogens is 2. The Balaban J connectivity index is 1.13. The zero-order valence-electron chi connectivity index (χ0n) is 22.1. The number of hydrogen-bond donors (Lipinski definition) is 0. The van der Waals surface area contributed by atoms with Crippen LogP contribution in [0, 0.1) is 0 Å². The predicted molar refractivity (Wildman–Crippen MR) is 156 cm³/mol. The fraction of sp³-hybridized carbons (Fsp3) is 0.312. The Hall–Kier alpha value is -3.48. The normalized spacial score (nSPS) is 16.9. The lowest BCUT2D eigenvalue weighted by Crippen LogP contribution is -2.17. The van der Waals surface area contributed by atoms with E-state index in [2.05, 4.69) is 20.4 Å². The lowest BCUT2D eigenvalue weighted by molar-refractivity contribution is -0.118. The molecule has 2 aromatic heterocycles. The van der Waals surface area contributed by atoms with E-state index in [1.165, 1.54) is 0 Å². The first kappa shape index (κ1) is 28.1. The van der Waals surface area contributed by atoms with Crippen LogP contribution in [0.25, 0.3) is 0 Å². The van der Waals surface area contributed by atoms with Crippen molar-refractivity contribution in [1.82, 2.24) is 20.4 Å². The molecule has 2 atom stereocenters. The van der Waals surface area contributed by atoms with Gasteiger partial charge in [-0.25, -0.2) is 0 Å². The van der Waals surface area contributed by atoms with E-state index in [0.29, 0.717) is 34.3 Å². The Morgan fingerprint density at radius 3 is 1.38 bits per heavy atom. The maximum Gasteiger partial charge on any atom is 0.143 e. The summed E-state index contributed by atoms with van der Waals surface area (Å²) in [6.07, 6.45) is 5.30. The van der Waals surface area contributed by atoms with Crippen molar-refractivity contribution in [3.05, 3.63) is 117 Å². The lowest BCUT2D eigenvalue weighted by atomic mass is 9.78. The third-order valence-electron chi connectivity index (χ3n) is 7.38. The van der Waals surface area contributed by atoms with Crippen LogP contribution in [0.15, 0.2) is 72.8 Å². The summed E-state index contributed by atoms with van der Waals surface area (Å²) in [7, 11) is 0. The Bertz CT molecular complexity index is 1330. The first-order valence-corrected chi connectivity index (χ1v) is 14.3. The van der Waals surface area contributed by atoms with Gasteiger partial charge in [-0.2, -0.15) is 20.4 Å². The first-order valence-electron chi connectivity index (χ1n) is 13.6. The summed E-state index contributed by atoms with van der Waals surface area (Å²) in [5.74, 6) is 0.756. The highest BCUT2D eigenvalue weighted by molar-refractivity contribution is 6.30. The average molecular weight is 574 g/mol. The molecule has 0 saturated heterocycles. The quantitative estimate of drug-likeness (QED) is 0.209. The molecule has 5 rings (SSSR count). The van der Waals surface area contributed by atoms with Gasteiger partial charge in [0.05, 0.1) is 35.6 Å². The SMILES string of the molecule is O=C(Cc1ccc(Cl)cc1)Cc1ccc([C@H]2CCC[C@H](c3ccc(CC(=O)Cc4ccc(Cl)cc4)nn3)C2)nn1. The molecule has 0 amide bonds. The van der Waals surface area contributed by atoms with E-state index < -0.39 is 0 Å². The predicted octanol–water partition coefficient (Wildman–Crippen LogP) is 6.72. The van der Waals surface area contributed by atoms with E-state index in [-0.39, 0.29) is 36.2 Å². The molecule has 40 heavy (non-hydrogen) atoms. The molecule has 204 valence electrons. The smallest absolute Gasteiger partial charge is 0.143 e. The summed E-state index contributed by atoms with van der Waals surface area (Å²) in [5.41, 5.74) is 5.15. The fourth-order valence-corrected chi connectivity index (χ4v) is 5.53. The van der Waals surface area contributed by atoms with Crippen molar-refractivity contribution in [2.45, 2.75) is 63.2 Å². The second-order valence-electron chi connectivity index (χ2n) is 10.5. The molecule has 1 aliphatic rings. The lowest BCUT2D eigenvalue weighted by Gasteiger charge is -2.28. The summed E-state index contributed by atoms with van der Waals surface area (Å²) < 4.78 is 0. The van der Waals surface area contributed by atoms with Crippen molar-refractivity contribution in [2.24, 2.45) is 0 Å². The van der Waals surface area contributed by atoms with Crippen LogP contribution in [0.5, 0.6) is 0 Å². The Kier molecular flexibility index (Phi) is 9.30. The van der Waals surface area contributed by atoms with Gasteiger partial charge in [0.15, 0.2) is 0 Å². The number of carbonyl (C=O) groups is 2. The molecule has 1 fully saturated rings. The number of hydrogen-bond acceptors (Lipinski definition) is 6. The third kappa shape index (κ3) is 7.80. The van der Waals surface area contributed by atoms with Gasteiger partial charge in [-0.1, -0.05) is 53.9 Å². The minimum absolute atomic E-state index is 0.0933. The second kappa shape index (κ2) is 13.2. The van der Waals surface area contributed by atoms with E-state index in [9.17, 15) is 9.59 Å². The molecule has 0 bridgehead atoms. The first-order chi connectivity index (χ1) is 19.4. The highest BCUT2D eigenvalue weighted by Gasteiger charge is 2.27. The fourth-order valence-electron chi connectivity index (χ4n) is 5.28. The van der Waals surface area contributed by atoms with Crippen molar-refractivity contribution in [1.29, 1.82) is 0 Å². The molecule has 0 spiro atoms. The summed E-state index contributed by atoms with van der Waals surface area (Å²) in [4.78, 5) is 25.0. The van der Waals surface area contributed by atoms with E-state index in [0.717, 1.165) is 48.2 Å². The van der Waals surface area contributed by atoms with Gasteiger partial charge in [-0.15, -0.1) is 0 Å². The van der Waals surface area contributed by atoms with Crippen LogP contribution < -0.4 is 0 Å². The maximum absolute atomic E-state index is 12.5. The van der Waals surface area contributed by atoms with Gasteiger partial charge in [0.1, 0.15) is 11.6 Å². The highest BCUT2D eigenvalue weighted by Crippen LogP contribution is 2.39. The molecule has 0 N–H and O–H groups in total. The number of Topliss-reactive ketones (excluding diaryl/α,β-unsaturated/α-hetero) is 2. The highest BCUT2D eigenvalue weighted by atomic mass is 35.5. The molecule has 1 aliphatic carbocycles. The van der Waals surface area contributed by atoms with Gasteiger partial charge < -0.3 is 0 Å². The van der Waals surface area contributed by atoms with E-state index in [1.807, 2.05) is 48.5 Å². The molecule has 0 radical (unpaired) electrons. The van der Waals surface area contributed by atoms with Crippen LogP contribution >= 0.6 is 23.2 Å². The van der Waals surface area contributed by atoms with Crippen molar-refractivity contribution >= 4 is 34.8 Å². The van der Waals surface area contributed by atoms with E-state index in [4.69, 9.17) is 23.2 Å². The van der Waals surface area contributed by atoms with Gasteiger partial charge in [-0.05, 0) is 78.9 Å². The second-order valence-corrected chi connectivity index (χ2v) is 11.4. The van der Waals surface area contributed by atoms with Crippen LogP contribution in [-0.4, -0.2) is 32.0 Å². The van der Waals surface area contributed by atoms with Gasteiger partial charge >= 0.3 is 0 Å². The molecule has 2 heterocycles. The van der Waals surface area contributed by atoms with Crippen molar-refractivity contribution in [2.75, 3.05) is 0 Å². The topological polar surface area (TPSA) is 85.7 Å². The molecule has 1 saturated carbocycles. The molecule has 4 aromatic rings. The minimum atomic E-state index is 0.0933. The van der Waals surface area contributed by atoms with Crippen LogP contribution in [0.4, 0.5) is 0 Å². The van der Waals surface area contributed by atoms with Crippen LogP contribution in [-0.2, 0) is 35.3 Å². The molecule has 6 nitrogen and oxygen atoms in total. The van der Waals surface area contributed by atoms with Gasteiger partial charge in [0.25, 0.3) is 0 Å². The van der Waals surface area contributed by atoms with Crippen molar-refractivity contribution < 1.29 is 9.59 Å².